The van der Waals surface area contributed by atoms with E-state index >= 15 is 0 Å². The summed E-state index contributed by atoms with van der Waals surface area (Å²) < 4.78 is 2.87. The zero-order valence-electron chi connectivity index (χ0n) is 42.5. The summed E-state index contributed by atoms with van der Waals surface area (Å²) in [6.07, 6.45) is 5.69. The lowest BCUT2D eigenvalue weighted by atomic mass is 9.60. The highest BCUT2D eigenvalue weighted by Crippen LogP contribution is 2.56. The molecule has 0 bridgehead atoms. The third-order valence-electron chi connectivity index (χ3n) is 17.5. The number of hydrogen-bond donors (Lipinski definition) is 1. The first-order valence-electron chi connectivity index (χ1n) is 25.8. The van der Waals surface area contributed by atoms with Crippen LogP contribution in [0.4, 0.5) is 28.4 Å². The summed E-state index contributed by atoms with van der Waals surface area (Å²) in [5, 5.41) is 7.90. The Balaban J connectivity index is 1.11. The van der Waals surface area contributed by atoms with Gasteiger partial charge in [-0.3, -0.25) is 0 Å². The monoisotopic (exact) mass is 926 g/mol. The van der Waals surface area contributed by atoms with Crippen LogP contribution < -0.4 is 20.5 Å². The topological polar surface area (TPSA) is 15.3 Å². The van der Waals surface area contributed by atoms with Crippen molar-refractivity contribution in [2.45, 2.75) is 116 Å². The van der Waals surface area contributed by atoms with Gasteiger partial charge in [-0.15, -0.1) is 11.3 Å². The summed E-state index contributed by atoms with van der Waals surface area (Å²) in [6.45, 7) is 22.2. The van der Waals surface area contributed by atoms with Gasteiger partial charge >= 0.3 is 0 Å². The molecule has 0 spiro atoms. The van der Waals surface area contributed by atoms with E-state index in [1.165, 1.54) is 146 Å². The molecule has 4 aliphatic rings. The predicted octanol–water partition coefficient (Wildman–Crippen LogP) is 16.9. The highest BCUT2D eigenvalue weighted by atomic mass is 32.1. The molecule has 70 heavy (non-hydrogen) atoms. The molecule has 9 aromatic rings. The molecule has 0 saturated carbocycles. The van der Waals surface area contributed by atoms with Crippen LogP contribution in [0.2, 0.25) is 0 Å². The number of nitrogens with zero attached hydrogens (tertiary/aromatic N) is 1. The Bertz CT molecular complexity index is 3640. The maximum atomic E-state index is 4.01. The number of rotatable bonds is 5. The number of nitrogens with one attached hydrogen (secondary N) is 1. The van der Waals surface area contributed by atoms with Gasteiger partial charge in [0.25, 0.3) is 0 Å². The number of hydrogen-bond acceptors (Lipinski definition) is 3. The van der Waals surface area contributed by atoms with Gasteiger partial charge in [0.1, 0.15) is 0 Å². The van der Waals surface area contributed by atoms with E-state index in [2.05, 4.69) is 218 Å². The average Bonchev–Trinajstić information content (AvgIpc) is 3.91. The first-order chi connectivity index (χ1) is 33.5. The zero-order valence-corrected chi connectivity index (χ0v) is 43.3. The Morgan fingerprint density at radius 2 is 1.10 bits per heavy atom. The van der Waals surface area contributed by atoms with Crippen LogP contribution in [0.25, 0.3) is 54.2 Å². The number of fused-ring (bicyclic) bond motifs is 11. The number of anilines is 5. The molecule has 0 radical (unpaired) electrons. The second-order valence-corrected chi connectivity index (χ2v) is 25.1. The molecule has 0 fully saturated rings. The van der Waals surface area contributed by atoms with Crippen LogP contribution in [0.5, 0.6) is 0 Å². The van der Waals surface area contributed by atoms with Crippen molar-refractivity contribution in [3.05, 3.63) is 185 Å². The Morgan fingerprint density at radius 1 is 0.514 bits per heavy atom. The SMILES string of the molecule is Cc1cc2c(cc1N1c3c(c(-c4cc5ccccc5cc4Nc4ccc(-c5ccccc5)cc4)cc4c3Cc3ccccc3-4)Bc3sc4cc5c(cc4c31)C(C)(C)CCC5(C)C)C(C)(C)CCC2(C)C. The normalized spacial score (nSPS) is 17.5. The van der Waals surface area contributed by atoms with Gasteiger partial charge in [-0.1, -0.05) is 152 Å². The summed E-state index contributed by atoms with van der Waals surface area (Å²) in [5.41, 5.74) is 26.2. The third-order valence-corrected chi connectivity index (χ3v) is 18.7. The molecule has 2 heterocycles. The Labute approximate surface area is 420 Å². The van der Waals surface area contributed by atoms with Gasteiger partial charge in [-0.2, -0.15) is 0 Å². The third kappa shape index (κ3) is 6.72. The van der Waals surface area contributed by atoms with Gasteiger partial charge in [0, 0.05) is 44.8 Å². The summed E-state index contributed by atoms with van der Waals surface area (Å²) in [7, 11) is 0.872. The molecular weight excluding hydrogens is 864 g/mol. The Morgan fingerprint density at radius 3 is 1.80 bits per heavy atom. The summed E-state index contributed by atoms with van der Waals surface area (Å²) in [5.74, 6) is 0. The van der Waals surface area contributed by atoms with Crippen molar-refractivity contribution in [3.8, 4) is 33.4 Å². The van der Waals surface area contributed by atoms with E-state index < -0.39 is 0 Å². The summed E-state index contributed by atoms with van der Waals surface area (Å²) >= 11 is 2.05. The van der Waals surface area contributed by atoms with Crippen LogP contribution in [0.1, 0.15) is 120 Å². The van der Waals surface area contributed by atoms with Crippen LogP contribution in [0.3, 0.4) is 0 Å². The highest BCUT2D eigenvalue weighted by Gasteiger charge is 2.43. The predicted molar refractivity (Wildman–Crippen MR) is 305 cm³/mol. The van der Waals surface area contributed by atoms with E-state index in [0.717, 1.165) is 25.1 Å². The fraction of sp³-hybridized carbons (Fsp3) is 0.273. The summed E-state index contributed by atoms with van der Waals surface area (Å²) in [6, 6.07) is 55.7. The average molecular weight is 927 g/mol. The molecule has 8 aromatic carbocycles. The van der Waals surface area contributed by atoms with E-state index in [9.17, 15) is 0 Å². The Hall–Kier alpha value is -6.36. The number of benzene rings is 8. The smallest absolute Gasteiger partial charge is 0.211 e. The van der Waals surface area contributed by atoms with E-state index in [4.69, 9.17) is 0 Å². The van der Waals surface area contributed by atoms with Gasteiger partial charge < -0.3 is 10.2 Å². The minimum Gasteiger partial charge on any atom is -0.355 e. The first kappa shape index (κ1) is 43.6. The lowest BCUT2D eigenvalue weighted by Crippen LogP contribution is -2.41. The zero-order chi connectivity index (χ0) is 48.1. The van der Waals surface area contributed by atoms with E-state index in [0.29, 0.717) is 0 Å². The fourth-order valence-corrected chi connectivity index (χ4v) is 14.3. The van der Waals surface area contributed by atoms with Gasteiger partial charge in [-0.05, 0) is 191 Å². The molecule has 346 valence electrons. The van der Waals surface area contributed by atoms with Crippen molar-refractivity contribution in [2.75, 3.05) is 10.2 Å². The Kier molecular flexibility index (Phi) is 9.55. The fourth-order valence-electron chi connectivity index (χ4n) is 13.1. The van der Waals surface area contributed by atoms with Crippen LogP contribution in [-0.4, -0.2) is 7.28 Å². The van der Waals surface area contributed by atoms with E-state index in [-0.39, 0.29) is 21.7 Å². The van der Waals surface area contributed by atoms with Crippen LogP contribution in [0.15, 0.2) is 146 Å². The first-order valence-corrected chi connectivity index (χ1v) is 26.7. The van der Waals surface area contributed by atoms with Crippen LogP contribution in [0, 0.1) is 6.92 Å². The minimum absolute atomic E-state index is 0.0607. The minimum atomic E-state index is 0.0607. The molecule has 1 aliphatic heterocycles. The quantitative estimate of drug-likeness (QED) is 0.173. The standard InChI is InChI=1S/C66H63BN2S/c1-39-31-52-54(65(6,7)29-27-63(52,2)3)37-57(39)69-60-50-33-44-21-15-16-22-46(44)47(50)35-49(59(60)67-62-61(69)51-36-53-55(38-58(51)70-62)66(8,9)30-28-64(53,4)5)48-32-42-19-13-14-20-43(42)34-56(48)68-45-25-23-41(24-26-45)40-17-11-10-12-18-40/h10-26,31-32,34-38,67-68H,27-30,33H2,1-9H3. The van der Waals surface area contributed by atoms with E-state index in [1.807, 2.05) is 11.3 Å². The lowest BCUT2D eigenvalue weighted by molar-refractivity contribution is 0.332. The summed E-state index contributed by atoms with van der Waals surface area (Å²) in [4.78, 5) is 2.82. The maximum absolute atomic E-state index is 4.01. The van der Waals surface area contributed by atoms with Gasteiger partial charge in [0.05, 0.1) is 5.69 Å². The van der Waals surface area contributed by atoms with E-state index in [1.54, 1.807) is 0 Å². The van der Waals surface area contributed by atoms with Gasteiger partial charge in [0.15, 0.2) is 0 Å². The van der Waals surface area contributed by atoms with Crippen molar-refractivity contribution in [1.29, 1.82) is 0 Å². The molecule has 13 rings (SSSR count). The number of thiophene rings is 1. The van der Waals surface area contributed by atoms with Crippen molar-refractivity contribution in [3.63, 3.8) is 0 Å². The molecule has 0 amide bonds. The van der Waals surface area contributed by atoms with Gasteiger partial charge in [-0.25, -0.2) is 0 Å². The molecule has 0 unspecified atom stereocenters. The van der Waals surface area contributed by atoms with Crippen molar-refractivity contribution < 1.29 is 0 Å². The lowest BCUT2D eigenvalue weighted by Gasteiger charge is -2.44. The molecule has 0 atom stereocenters. The van der Waals surface area contributed by atoms with Crippen molar-refractivity contribution >= 4 is 78.2 Å². The second-order valence-electron chi connectivity index (χ2n) is 23.9. The maximum Gasteiger partial charge on any atom is 0.211 e. The molecule has 0 saturated heterocycles. The molecule has 1 N–H and O–H groups in total. The van der Waals surface area contributed by atoms with Gasteiger partial charge in [0.2, 0.25) is 7.28 Å². The second kappa shape index (κ2) is 15.3. The highest BCUT2D eigenvalue weighted by molar-refractivity contribution is 7.29. The largest absolute Gasteiger partial charge is 0.355 e. The number of aryl methyl sites for hydroxylation is 1. The molecule has 3 aliphatic carbocycles. The van der Waals surface area contributed by atoms with Crippen molar-refractivity contribution in [1.82, 2.24) is 0 Å². The molecule has 2 nitrogen and oxygen atoms in total. The van der Waals surface area contributed by atoms with Crippen LogP contribution >= 0.6 is 11.3 Å². The van der Waals surface area contributed by atoms with Crippen molar-refractivity contribution in [2.24, 2.45) is 0 Å². The molecule has 4 heteroatoms. The molecular formula is C66H63BN2S. The molecule has 1 aromatic heterocycles. The van der Waals surface area contributed by atoms with Crippen LogP contribution in [-0.2, 0) is 28.1 Å².